The molecule has 1 saturated carbocycles. The molecule has 2 aromatic heterocycles. The Bertz CT molecular complexity index is 780. The number of imidazole rings is 1. The highest BCUT2D eigenvalue weighted by Gasteiger charge is 2.35. The molecule has 1 aliphatic rings. The van der Waals surface area contributed by atoms with Crippen molar-refractivity contribution in [1.29, 1.82) is 0 Å². The number of hydrogen-bond donors (Lipinski definition) is 1. The monoisotopic (exact) mass is 322 g/mol. The van der Waals surface area contributed by atoms with Gasteiger partial charge in [-0.2, -0.15) is 17.4 Å². The van der Waals surface area contributed by atoms with Crippen LogP contribution in [0.2, 0.25) is 0 Å². The summed E-state index contributed by atoms with van der Waals surface area (Å²) < 4.78 is 30.6. The Kier molecular flexibility index (Phi) is 3.96. The van der Waals surface area contributed by atoms with Crippen molar-refractivity contribution in [3.05, 3.63) is 35.8 Å². The molecule has 3 rings (SSSR count). The maximum Gasteiger partial charge on any atom is 0.279 e. The first-order valence-corrected chi connectivity index (χ1v) is 8.98. The van der Waals surface area contributed by atoms with Crippen LogP contribution in [-0.4, -0.2) is 35.2 Å². The number of fused-ring (bicyclic) bond motifs is 1. The first-order valence-electron chi connectivity index (χ1n) is 7.53. The Labute approximate surface area is 131 Å². The fourth-order valence-corrected chi connectivity index (χ4v) is 3.73. The van der Waals surface area contributed by atoms with Gasteiger partial charge in [0.2, 0.25) is 0 Å². The summed E-state index contributed by atoms with van der Waals surface area (Å²) in [5.41, 5.74) is 2.67. The highest BCUT2D eigenvalue weighted by Crippen LogP contribution is 2.35. The van der Waals surface area contributed by atoms with E-state index >= 15 is 0 Å². The molecule has 0 bridgehead atoms. The van der Waals surface area contributed by atoms with E-state index in [0.29, 0.717) is 11.6 Å². The summed E-state index contributed by atoms with van der Waals surface area (Å²) >= 11 is 0. The van der Waals surface area contributed by atoms with Crippen molar-refractivity contribution in [3.63, 3.8) is 0 Å². The minimum atomic E-state index is -3.47. The summed E-state index contributed by atoms with van der Waals surface area (Å²) in [7, 11) is -1.84. The van der Waals surface area contributed by atoms with Crippen LogP contribution in [0.1, 0.15) is 31.0 Å². The van der Waals surface area contributed by atoms with Crippen molar-refractivity contribution in [3.8, 4) is 0 Å². The topological polar surface area (TPSA) is 66.7 Å². The van der Waals surface area contributed by atoms with Crippen LogP contribution >= 0.6 is 0 Å². The molecular weight excluding hydrogens is 300 g/mol. The first-order chi connectivity index (χ1) is 10.4. The van der Waals surface area contributed by atoms with Gasteiger partial charge in [0.25, 0.3) is 10.2 Å². The van der Waals surface area contributed by atoms with Crippen LogP contribution in [0, 0.1) is 12.8 Å². The lowest BCUT2D eigenvalue weighted by Gasteiger charge is -2.24. The van der Waals surface area contributed by atoms with Crippen molar-refractivity contribution in [2.24, 2.45) is 5.92 Å². The lowest BCUT2D eigenvalue weighted by molar-refractivity contribution is 0.351. The smallest absolute Gasteiger partial charge is 0.279 e. The van der Waals surface area contributed by atoms with Crippen LogP contribution in [0.3, 0.4) is 0 Å². The van der Waals surface area contributed by atoms with E-state index in [-0.39, 0.29) is 12.6 Å². The third kappa shape index (κ3) is 3.16. The Morgan fingerprint density at radius 2 is 2.23 bits per heavy atom. The second-order valence-corrected chi connectivity index (χ2v) is 7.94. The molecule has 120 valence electrons. The lowest BCUT2D eigenvalue weighted by atomic mass is 10.2. The molecule has 0 saturated heterocycles. The predicted molar refractivity (Wildman–Crippen MR) is 85.6 cm³/mol. The van der Waals surface area contributed by atoms with Crippen molar-refractivity contribution >= 4 is 15.9 Å². The molecule has 0 spiro atoms. The molecule has 1 atom stereocenters. The molecule has 0 aliphatic heterocycles. The number of nitrogens with one attached hydrogen (secondary N) is 1. The van der Waals surface area contributed by atoms with Gasteiger partial charge >= 0.3 is 0 Å². The van der Waals surface area contributed by atoms with Gasteiger partial charge in [-0.25, -0.2) is 4.98 Å². The summed E-state index contributed by atoms with van der Waals surface area (Å²) in [4.78, 5) is 4.45. The molecule has 7 heteroatoms. The average molecular weight is 322 g/mol. The quantitative estimate of drug-likeness (QED) is 0.880. The van der Waals surface area contributed by atoms with Crippen molar-refractivity contribution in [2.75, 3.05) is 7.05 Å². The van der Waals surface area contributed by atoms with E-state index in [2.05, 4.69) is 9.71 Å². The van der Waals surface area contributed by atoms with Gasteiger partial charge in [0.15, 0.2) is 0 Å². The van der Waals surface area contributed by atoms with E-state index in [1.165, 1.54) is 4.31 Å². The first kappa shape index (κ1) is 15.5. The molecule has 0 unspecified atom stereocenters. The Balaban J connectivity index is 1.69. The van der Waals surface area contributed by atoms with E-state index in [9.17, 15) is 8.42 Å². The number of aromatic nitrogens is 2. The standard InChI is InChI=1S/C15H22N4O2S/c1-11-6-7-19-10-14(17-15(19)8-11)9-16-22(20,21)18(3)12(2)13-4-5-13/h6-8,10,12-13,16H,4-5,9H2,1-3H3/t12-/m0/s1. The van der Waals surface area contributed by atoms with Gasteiger partial charge in [-0.15, -0.1) is 0 Å². The maximum absolute atomic E-state index is 12.3. The van der Waals surface area contributed by atoms with Crippen LogP contribution in [-0.2, 0) is 16.8 Å². The normalized spacial score (nSPS) is 17.3. The zero-order valence-corrected chi connectivity index (χ0v) is 14.0. The lowest BCUT2D eigenvalue weighted by Crippen LogP contribution is -2.43. The molecule has 1 fully saturated rings. The highest BCUT2D eigenvalue weighted by molar-refractivity contribution is 7.87. The minimum Gasteiger partial charge on any atom is -0.307 e. The molecule has 0 amide bonds. The average Bonchev–Trinajstić information content (AvgIpc) is 3.24. The summed E-state index contributed by atoms with van der Waals surface area (Å²) in [5, 5.41) is 0. The fraction of sp³-hybridized carbons (Fsp3) is 0.533. The highest BCUT2D eigenvalue weighted by atomic mass is 32.2. The van der Waals surface area contributed by atoms with Gasteiger partial charge in [0.1, 0.15) is 5.65 Å². The Morgan fingerprint density at radius 3 is 2.91 bits per heavy atom. The van der Waals surface area contributed by atoms with Crippen molar-refractivity contribution < 1.29 is 8.42 Å². The van der Waals surface area contributed by atoms with Crippen molar-refractivity contribution in [1.82, 2.24) is 18.4 Å². The van der Waals surface area contributed by atoms with Crippen LogP contribution in [0.25, 0.3) is 5.65 Å². The number of rotatable bonds is 6. The van der Waals surface area contributed by atoms with Gasteiger partial charge < -0.3 is 4.40 Å². The number of hydrogen-bond acceptors (Lipinski definition) is 3. The molecular formula is C15H22N4O2S. The predicted octanol–water partition coefficient (Wildman–Crippen LogP) is 1.71. The number of aryl methyl sites for hydroxylation is 1. The van der Waals surface area contributed by atoms with Crippen LogP contribution in [0.4, 0.5) is 0 Å². The Morgan fingerprint density at radius 1 is 1.50 bits per heavy atom. The molecule has 0 radical (unpaired) electrons. The molecule has 22 heavy (non-hydrogen) atoms. The number of nitrogens with zero attached hydrogens (tertiary/aromatic N) is 3. The van der Waals surface area contributed by atoms with E-state index in [1.54, 1.807) is 7.05 Å². The largest absolute Gasteiger partial charge is 0.307 e. The number of pyridine rings is 1. The maximum atomic E-state index is 12.3. The van der Waals surface area contributed by atoms with Gasteiger partial charge in [0, 0.05) is 25.5 Å². The van der Waals surface area contributed by atoms with Crippen LogP contribution in [0.15, 0.2) is 24.5 Å². The molecule has 2 heterocycles. The van der Waals surface area contributed by atoms with Crippen LogP contribution < -0.4 is 4.72 Å². The fourth-order valence-electron chi connectivity index (χ4n) is 2.58. The van der Waals surface area contributed by atoms with Crippen LogP contribution in [0.5, 0.6) is 0 Å². The van der Waals surface area contributed by atoms with Crippen molar-refractivity contribution in [2.45, 2.75) is 39.3 Å². The molecule has 1 N–H and O–H groups in total. The summed E-state index contributed by atoms with van der Waals surface area (Å²) in [6.07, 6.45) is 6.01. The molecule has 6 nitrogen and oxygen atoms in total. The Hall–Kier alpha value is -1.44. The zero-order valence-electron chi connectivity index (χ0n) is 13.2. The van der Waals surface area contributed by atoms with Gasteiger partial charge in [-0.1, -0.05) is 0 Å². The summed E-state index contributed by atoms with van der Waals surface area (Å²) in [6.45, 7) is 4.17. The second-order valence-electron chi connectivity index (χ2n) is 6.12. The van der Waals surface area contributed by atoms with E-state index in [1.807, 2.05) is 42.8 Å². The van der Waals surface area contributed by atoms with Gasteiger partial charge in [-0.3, -0.25) is 0 Å². The van der Waals surface area contributed by atoms with Gasteiger partial charge in [-0.05, 0) is 50.3 Å². The molecule has 2 aromatic rings. The van der Waals surface area contributed by atoms with E-state index < -0.39 is 10.2 Å². The molecule has 1 aliphatic carbocycles. The molecule has 0 aromatic carbocycles. The third-order valence-electron chi connectivity index (χ3n) is 4.36. The zero-order chi connectivity index (χ0) is 15.9. The van der Waals surface area contributed by atoms with E-state index in [0.717, 1.165) is 24.1 Å². The third-order valence-corrected chi connectivity index (χ3v) is 5.96. The second kappa shape index (κ2) is 5.64. The van der Waals surface area contributed by atoms with E-state index in [4.69, 9.17) is 0 Å². The summed E-state index contributed by atoms with van der Waals surface area (Å²) in [5.74, 6) is 0.500. The minimum absolute atomic E-state index is 0.0428. The summed E-state index contributed by atoms with van der Waals surface area (Å²) in [6, 6.07) is 4.01. The van der Waals surface area contributed by atoms with Gasteiger partial charge in [0.05, 0.1) is 12.2 Å². The SMILES string of the molecule is Cc1ccn2cc(CNS(=O)(=O)N(C)[C@@H](C)C3CC3)nc2c1.